The van der Waals surface area contributed by atoms with Crippen LogP contribution < -0.4 is 10.6 Å². The van der Waals surface area contributed by atoms with Crippen LogP contribution in [0.3, 0.4) is 0 Å². The second-order valence-electron chi connectivity index (χ2n) is 4.69. The van der Waals surface area contributed by atoms with Crippen LogP contribution in [0.2, 0.25) is 0 Å². The molecule has 1 heterocycles. The predicted octanol–water partition coefficient (Wildman–Crippen LogP) is -0.696. The van der Waals surface area contributed by atoms with E-state index in [4.69, 9.17) is 5.11 Å². The Labute approximate surface area is 127 Å². The summed E-state index contributed by atoms with van der Waals surface area (Å²) in [6.07, 6.45) is -1.53. The van der Waals surface area contributed by atoms with Crippen LogP contribution in [0.25, 0.3) is 0 Å². The number of carbonyl (C=O) groups excluding carboxylic acids is 2. The molecule has 1 unspecified atom stereocenters. The molecule has 22 heavy (non-hydrogen) atoms. The Balaban J connectivity index is 2.49. The predicted molar refractivity (Wildman–Crippen MR) is 72.8 cm³/mol. The lowest BCUT2D eigenvalue weighted by Gasteiger charge is -2.27. The van der Waals surface area contributed by atoms with Gasteiger partial charge in [-0.05, 0) is 18.8 Å². The number of rotatable bonds is 5. The summed E-state index contributed by atoms with van der Waals surface area (Å²) in [6, 6.07) is -1.25. The van der Waals surface area contributed by atoms with Gasteiger partial charge >= 0.3 is 18.2 Å². The van der Waals surface area contributed by atoms with E-state index < -0.39 is 46.7 Å². The molecule has 0 radical (unpaired) electrons. The third-order valence-electron chi connectivity index (χ3n) is 3.22. The Kier molecular flexibility index (Phi) is 6.40. The normalized spacial score (nSPS) is 18.8. The van der Waals surface area contributed by atoms with E-state index in [0.717, 1.165) is 7.11 Å². The molecular formula is C11H18N2O8S. The van der Waals surface area contributed by atoms with Gasteiger partial charge in [-0.2, -0.15) is 0 Å². The molecule has 10 nitrogen and oxygen atoms in total. The number of methoxy groups -OCH3 is 1. The third kappa shape index (κ3) is 5.76. The zero-order valence-electron chi connectivity index (χ0n) is 11.9. The van der Waals surface area contributed by atoms with E-state index in [1.54, 1.807) is 0 Å². The first-order valence-electron chi connectivity index (χ1n) is 6.43. The number of aliphatic carboxylic acids is 1. The number of carbonyl (C=O) groups is 3. The Hall–Kier alpha value is -2.04. The van der Waals surface area contributed by atoms with Gasteiger partial charge in [-0.25, -0.2) is 22.8 Å². The number of carboxylic acid groups (broad SMARTS) is 1. The van der Waals surface area contributed by atoms with Crippen molar-refractivity contribution < 1.29 is 37.4 Å². The Morgan fingerprint density at radius 3 is 2.32 bits per heavy atom. The summed E-state index contributed by atoms with van der Waals surface area (Å²) in [5.74, 6) is -1.99. The van der Waals surface area contributed by atoms with Gasteiger partial charge < -0.3 is 19.9 Å². The van der Waals surface area contributed by atoms with E-state index in [9.17, 15) is 22.8 Å². The molecule has 0 aliphatic carbocycles. The number of nitrogens with one attached hydrogen (secondary N) is 2. The van der Waals surface area contributed by atoms with Gasteiger partial charge in [-0.15, -0.1) is 0 Å². The number of hydrogen-bond acceptors (Lipinski definition) is 7. The van der Waals surface area contributed by atoms with Crippen LogP contribution in [0.5, 0.6) is 0 Å². The van der Waals surface area contributed by atoms with Gasteiger partial charge in [-0.3, -0.25) is 5.32 Å². The molecule has 2 amide bonds. The molecule has 1 rings (SSSR count). The molecule has 11 heteroatoms. The SMILES string of the molecule is COC(=O)NCOC(=O)NC(C(=O)O)C1CCS(=O)(=O)CC1. The van der Waals surface area contributed by atoms with Crippen LogP contribution in [0.4, 0.5) is 9.59 Å². The maximum atomic E-state index is 11.5. The number of sulfone groups is 1. The van der Waals surface area contributed by atoms with Crippen LogP contribution in [0.1, 0.15) is 12.8 Å². The summed E-state index contributed by atoms with van der Waals surface area (Å²) in [6.45, 7) is -0.482. The van der Waals surface area contributed by atoms with Crippen LogP contribution in [0.15, 0.2) is 0 Å². The van der Waals surface area contributed by atoms with Crippen LogP contribution >= 0.6 is 0 Å². The van der Waals surface area contributed by atoms with E-state index in [-0.39, 0.29) is 24.3 Å². The second-order valence-corrected chi connectivity index (χ2v) is 7.00. The first-order valence-corrected chi connectivity index (χ1v) is 8.25. The van der Waals surface area contributed by atoms with Crippen LogP contribution in [-0.4, -0.2) is 63.1 Å². The van der Waals surface area contributed by atoms with Crippen LogP contribution in [-0.2, 0) is 24.1 Å². The maximum Gasteiger partial charge on any atom is 0.409 e. The van der Waals surface area contributed by atoms with Gasteiger partial charge in [0.1, 0.15) is 15.9 Å². The molecule has 1 fully saturated rings. The minimum Gasteiger partial charge on any atom is -0.480 e. The van der Waals surface area contributed by atoms with Crippen molar-refractivity contribution >= 4 is 28.0 Å². The quantitative estimate of drug-likeness (QED) is 0.557. The summed E-state index contributed by atoms with van der Waals surface area (Å²) in [4.78, 5) is 33.4. The van der Waals surface area contributed by atoms with E-state index in [1.807, 2.05) is 0 Å². The molecule has 0 spiro atoms. The fourth-order valence-corrected chi connectivity index (χ4v) is 3.55. The Bertz CT molecular complexity index is 518. The fraction of sp³-hybridized carbons (Fsp3) is 0.727. The van der Waals surface area contributed by atoms with Crippen molar-refractivity contribution in [3.8, 4) is 0 Å². The van der Waals surface area contributed by atoms with Crippen molar-refractivity contribution in [2.75, 3.05) is 25.3 Å². The molecule has 0 aromatic heterocycles. The molecule has 0 bridgehead atoms. The van der Waals surface area contributed by atoms with Gasteiger partial charge in [0, 0.05) is 0 Å². The highest BCUT2D eigenvalue weighted by molar-refractivity contribution is 7.91. The van der Waals surface area contributed by atoms with Crippen molar-refractivity contribution in [1.29, 1.82) is 0 Å². The van der Waals surface area contributed by atoms with Crippen molar-refractivity contribution in [1.82, 2.24) is 10.6 Å². The van der Waals surface area contributed by atoms with Crippen molar-refractivity contribution in [2.45, 2.75) is 18.9 Å². The average Bonchev–Trinajstić information content (AvgIpc) is 2.44. The highest BCUT2D eigenvalue weighted by Gasteiger charge is 2.34. The highest BCUT2D eigenvalue weighted by atomic mass is 32.2. The van der Waals surface area contributed by atoms with Crippen molar-refractivity contribution in [3.05, 3.63) is 0 Å². The first kappa shape index (κ1) is 18.0. The molecule has 0 aromatic carbocycles. The highest BCUT2D eigenvalue weighted by Crippen LogP contribution is 2.22. The summed E-state index contributed by atoms with van der Waals surface area (Å²) < 4.78 is 31.5. The summed E-state index contributed by atoms with van der Waals surface area (Å²) in [5.41, 5.74) is 0. The number of amides is 2. The third-order valence-corrected chi connectivity index (χ3v) is 4.93. The summed E-state index contributed by atoms with van der Waals surface area (Å²) in [5, 5.41) is 13.4. The zero-order chi connectivity index (χ0) is 16.8. The van der Waals surface area contributed by atoms with Crippen molar-refractivity contribution in [2.24, 2.45) is 5.92 Å². The summed E-state index contributed by atoms with van der Waals surface area (Å²) in [7, 11) is -2.00. The van der Waals surface area contributed by atoms with Crippen LogP contribution in [0, 0.1) is 5.92 Å². The number of carboxylic acids is 1. The van der Waals surface area contributed by atoms with E-state index >= 15 is 0 Å². The molecule has 1 saturated heterocycles. The standard InChI is InChI=1S/C11H18N2O8S/c1-20-10(16)12-6-21-11(17)13-8(9(14)15)7-2-4-22(18,19)5-3-7/h7-8H,2-6H2,1H3,(H,12,16)(H,13,17)(H,14,15). The average molecular weight is 338 g/mol. The molecule has 1 atom stereocenters. The van der Waals surface area contributed by atoms with E-state index in [1.165, 1.54) is 0 Å². The molecule has 3 N–H and O–H groups in total. The van der Waals surface area contributed by atoms with Gasteiger partial charge in [0.2, 0.25) is 0 Å². The maximum absolute atomic E-state index is 11.5. The molecular weight excluding hydrogens is 320 g/mol. The largest absolute Gasteiger partial charge is 0.480 e. The second kappa shape index (κ2) is 7.82. The van der Waals surface area contributed by atoms with Crippen molar-refractivity contribution in [3.63, 3.8) is 0 Å². The Morgan fingerprint density at radius 1 is 1.23 bits per heavy atom. The fourth-order valence-electron chi connectivity index (χ4n) is 2.02. The lowest BCUT2D eigenvalue weighted by molar-refractivity contribution is -0.141. The zero-order valence-corrected chi connectivity index (χ0v) is 12.7. The molecule has 0 aromatic rings. The minimum atomic E-state index is -3.13. The molecule has 126 valence electrons. The first-order chi connectivity index (χ1) is 10.2. The number of alkyl carbamates (subject to hydrolysis) is 2. The smallest absolute Gasteiger partial charge is 0.409 e. The van der Waals surface area contributed by atoms with E-state index in [2.05, 4.69) is 20.1 Å². The molecule has 0 saturated carbocycles. The molecule has 1 aliphatic heterocycles. The monoisotopic (exact) mass is 338 g/mol. The lowest BCUT2D eigenvalue weighted by Crippen LogP contribution is -2.48. The topological polar surface area (TPSA) is 148 Å². The van der Waals surface area contributed by atoms with Gasteiger partial charge in [-0.1, -0.05) is 0 Å². The van der Waals surface area contributed by atoms with E-state index in [0.29, 0.717) is 0 Å². The Morgan fingerprint density at radius 2 is 1.82 bits per heavy atom. The molecule has 1 aliphatic rings. The van der Waals surface area contributed by atoms with Gasteiger partial charge in [0.25, 0.3) is 0 Å². The summed E-state index contributed by atoms with van der Waals surface area (Å²) >= 11 is 0. The number of hydrogen-bond donors (Lipinski definition) is 3. The van der Waals surface area contributed by atoms with Gasteiger partial charge in [0.15, 0.2) is 6.73 Å². The minimum absolute atomic E-state index is 0.109. The van der Waals surface area contributed by atoms with Gasteiger partial charge in [0.05, 0.1) is 18.6 Å². The lowest BCUT2D eigenvalue weighted by atomic mass is 9.94. The number of ether oxygens (including phenoxy) is 2.